The fourth-order valence-electron chi connectivity index (χ4n) is 3.50. The summed E-state index contributed by atoms with van der Waals surface area (Å²) in [5, 5.41) is 3.02. The minimum Gasteiger partial charge on any atom is -0.356 e. The summed E-state index contributed by atoms with van der Waals surface area (Å²) in [5.74, 6) is -0.120. The van der Waals surface area contributed by atoms with E-state index < -0.39 is 0 Å². The van der Waals surface area contributed by atoms with Crippen LogP contribution in [0.2, 0.25) is 0 Å². The van der Waals surface area contributed by atoms with Crippen LogP contribution in [0.3, 0.4) is 0 Å². The first-order valence-electron chi connectivity index (χ1n) is 9.88. The smallest absolute Gasteiger partial charge is 0.225 e. The fraction of sp³-hybridized carbons (Fsp3) is 0.636. The maximum atomic E-state index is 13.3. The van der Waals surface area contributed by atoms with Crippen LogP contribution < -0.4 is 5.32 Å². The van der Waals surface area contributed by atoms with E-state index in [1.54, 1.807) is 17.0 Å². The number of halogens is 1. The predicted octanol–water partition coefficient (Wildman–Crippen LogP) is 3.97. The SMILES string of the molecule is CC(C)CCNC(=O)[C@@H]1CN(C(=O)CC(C)(C)C)C[C@@H]1c1ccc(F)cc1. The summed E-state index contributed by atoms with van der Waals surface area (Å²) in [4.78, 5) is 27.3. The van der Waals surface area contributed by atoms with Gasteiger partial charge in [0.2, 0.25) is 11.8 Å². The molecule has 1 heterocycles. The van der Waals surface area contributed by atoms with Gasteiger partial charge in [0.15, 0.2) is 0 Å². The highest BCUT2D eigenvalue weighted by molar-refractivity contribution is 5.83. The van der Waals surface area contributed by atoms with Crippen LogP contribution in [0.5, 0.6) is 0 Å². The molecule has 0 aliphatic carbocycles. The van der Waals surface area contributed by atoms with E-state index >= 15 is 0 Å². The average molecular weight is 377 g/mol. The molecule has 2 amide bonds. The highest BCUT2D eigenvalue weighted by Crippen LogP contribution is 2.34. The zero-order valence-corrected chi connectivity index (χ0v) is 17.2. The van der Waals surface area contributed by atoms with Crippen molar-refractivity contribution < 1.29 is 14.0 Å². The molecule has 0 spiro atoms. The topological polar surface area (TPSA) is 49.4 Å². The minimum absolute atomic E-state index is 0.0176. The number of nitrogens with one attached hydrogen (secondary N) is 1. The lowest BCUT2D eigenvalue weighted by Gasteiger charge is -2.23. The Hall–Kier alpha value is -1.91. The molecule has 0 unspecified atom stereocenters. The standard InChI is InChI=1S/C22H33FN2O2/c1-15(2)10-11-24-21(27)19-14-25(20(26)12-22(3,4)5)13-18(19)16-6-8-17(23)9-7-16/h6-9,15,18-19H,10-14H2,1-5H3,(H,24,27)/t18-,19-/m1/s1. The zero-order chi connectivity index (χ0) is 20.2. The second kappa shape index (κ2) is 8.85. The molecular weight excluding hydrogens is 343 g/mol. The highest BCUT2D eigenvalue weighted by Gasteiger charge is 2.40. The van der Waals surface area contributed by atoms with E-state index in [0.29, 0.717) is 32.0 Å². The molecule has 27 heavy (non-hydrogen) atoms. The summed E-state index contributed by atoms with van der Waals surface area (Å²) in [7, 11) is 0. The lowest BCUT2D eigenvalue weighted by atomic mass is 9.88. The number of benzene rings is 1. The first-order chi connectivity index (χ1) is 12.6. The molecule has 2 atom stereocenters. The van der Waals surface area contributed by atoms with E-state index in [4.69, 9.17) is 0 Å². The largest absolute Gasteiger partial charge is 0.356 e. The molecule has 0 bridgehead atoms. The Balaban J connectivity index is 2.15. The number of nitrogens with zero attached hydrogens (tertiary/aromatic N) is 1. The average Bonchev–Trinajstić information content (AvgIpc) is 2.99. The Morgan fingerprint density at radius 2 is 1.81 bits per heavy atom. The highest BCUT2D eigenvalue weighted by atomic mass is 19.1. The fourth-order valence-corrected chi connectivity index (χ4v) is 3.50. The molecule has 4 nitrogen and oxygen atoms in total. The van der Waals surface area contributed by atoms with Gasteiger partial charge in [-0.15, -0.1) is 0 Å². The van der Waals surface area contributed by atoms with E-state index in [1.165, 1.54) is 12.1 Å². The Morgan fingerprint density at radius 3 is 2.37 bits per heavy atom. The maximum Gasteiger partial charge on any atom is 0.225 e. The molecular formula is C22H33FN2O2. The summed E-state index contributed by atoms with van der Waals surface area (Å²) in [6.45, 7) is 11.9. The lowest BCUT2D eigenvalue weighted by molar-refractivity contribution is -0.132. The van der Waals surface area contributed by atoms with Crippen LogP contribution in [0.25, 0.3) is 0 Å². The van der Waals surface area contributed by atoms with E-state index in [0.717, 1.165) is 12.0 Å². The third kappa shape index (κ3) is 6.33. The van der Waals surface area contributed by atoms with Crippen molar-refractivity contribution in [1.82, 2.24) is 10.2 Å². The zero-order valence-electron chi connectivity index (χ0n) is 17.2. The molecule has 1 fully saturated rings. The van der Waals surface area contributed by atoms with Crippen LogP contribution in [0.4, 0.5) is 4.39 Å². The van der Waals surface area contributed by atoms with Crippen molar-refractivity contribution in [3.05, 3.63) is 35.6 Å². The number of carbonyl (C=O) groups is 2. The molecule has 1 aliphatic rings. The third-order valence-corrected chi connectivity index (χ3v) is 5.01. The van der Waals surface area contributed by atoms with Gasteiger partial charge in [-0.2, -0.15) is 0 Å². The van der Waals surface area contributed by atoms with Gasteiger partial charge in [0.1, 0.15) is 5.82 Å². The van der Waals surface area contributed by atoms with Gasteiger partial charge in [-0.3, -0.25) is 9.59 Å². The number of amides is 2. The number of hydrogen-bond donors (Lipinski definition) is 1. The number of carbonyl (C=O) groups excluding carboxylic acids is 2. The van der Waals surface area contributed by atoms with Gasteiger partial charge in [-0.05, 0) is 35.4 Å². The van der Waals surface area contributed by atoms with Crippen molar-refractivity contribution in [2.45, 2.75) is 53.4 Å². The second-order valence-electron chi connectivity index (χ2n) is 9.27. The molecule has 0 aromatic heterocycles. The molecule has 1 aliphatic heterocycles. The molecule has 1 aromatic carbocycles. The van der Waals surface area contributed by atoms with Gasteiger partial charge < -0.3 is 10.2 Å². The summed E-state index contributed by atoms with van der Waals surface area (Å²) < 4.78 is 13.3. The molecule has 150 valence electrons. The van der Waals surface area contributed by atoms with Crippen LogP contribution in [-0.2, 0) is 9.59 Å². The third-order valence-electron chi connectivity index (χ3n) is 5.01. The summed E-state index contributed by atoms with van der Waals surface area (Å²) in [6, 6.07) is 6.30. The first-order valence-corrected chi connectivity index (χ1v) is 9.88. The molecule has 0 saturated carbocycles. The first kappa shape index (κ1) is 21.4. The molecule has 5 heteroatoms. The van der Waals surface area contributed by atoms with Crippen LogP contribution in [0.1, 0.15) is 58.9 Å². The maximum absolute atomic E-state index is 13.3. The Morgan fingerprint density at radius 1 is 1.19 bits per heavy atom. The monoisotopic (exact) mass is 376 g/mol. The van der Waals surface area contributed by atoms with Crippen molar-refractivity contribution in [2.24, 2.45) is 17.3 Å². The summed E-state index contributed by atoms with van der Waals surface area (Å²) >= 11 is 0. The van der Waals surface area contributed by atoms with Crippen LogP contribution >= 0.6 is 0 Å². The molecule has 1 N–H and O–H groups in total. The number of rotatable bonds is 6. The molecule has 1 saturated heterocycles. The van der Waals surface area contributed by atoms with Crippen LogP contribution in [0, 0.1) is 23.1 Å². The van der Waals surface area contributed by atoms with E-state index in [9.17, 15) is 14.0 Å². The Bertz CT molecular complexity index is 649. The van der Waals surface area contributed by atoms with Crippen molar-refractivity contribution in [2.75, 3.05) is 19.6 Å². The van der Waals surface area contributed by atoms with Gasteiger partial charge in [-0.25, -0.2) is 4.39 Å². The Kier molecular flexibility index (Phi) is 7.01. The second-order valence-corrected chi connectivity index (χ2v) is 9.27. The van der Waals surface area contributed by atoms with Crippen molar-refractivity contribution >= 4 is 11.8 Å². The van der Waals surface area contributed by atoms with Crippen LogP contribution in [0.15, 0.2) is 24.3 Å². The summed E-state index contributed by atoms with van der Waals surface area (Å²) in [5.41, 5.74) is 0.812. The number of hydrogen-bond acceptors (Lipinski definition) is 2. The quantitative estimate of drug-likeness (QED) is 0.817. The van der Waals surface area contributed by atoms with E-state index in [2.05, 4.69) is 19.2 Å². The molecule has 0 radical (unpaired) electrons. The van der Waals surface area contributed by atoms with Gasteiger partial charge in [-0.1, -0.05) is 46.8 Å². The van der Waals surface area contributed by atoms with Gasteiger partial charge in [0, 0.05) is 32.0 Å². The van der Waals surface area contributed by atoms with Crippen molar-refractivity contribution in [3.8, 4) is 0 Å². The van der Waals surface area contributed by atoms with Gasteiger partial charge >= 0.3 is 0 Å². The minimum atomic E-state index is -0.299. The normalized spacial score (nSPS) is 20.2. The van der Waals surface area contributed by atoms with Crippen LogP contribution in [-0.4, -0.2) is 36.3 Å². The molecule has 1 aromatic rings. The summed E-state index contributed by atoms with van der Waals surface area (Å²) in [6.07, 6.45) is 1.37. The van der Waals surface area contributed by atoms with Gasteiger partial charge in [0.25, 0.3) is 0 Å². The molecule has 2 rings (SSSR count). The van der Waals surface area contributed by atoms with E-state index in [1.807, 2.05) is 20.8 Å². The lowest BCUT2D eigenvalue weighted by Crippen LogP contribution is -2.36. The van der Waals surface area contributed by atoms with Gasteiger partial charge in [0.05, 0.1) is 5.92 Å². The van der Waals surface area contributed by atoms with Crippen molar-refractivity contribution in [3.63, 3.8) is 0 Å². The predicted molar refractivity (Wildman–Crippen MR) is 106 cm³/mol. The number of likely N-dealkylation sites (tertiary alicyclic amines) is 1. The Labute approximate surface area is 162 Å². The van der Waals surface area contributed by atoms with Crippen molar-refractivity contribution in [1.29, 1.82) is 0 Å². The van der Waals surface area contributed by atoms with E-state index in [-0.39, 0.29) is 34.9 Å².